The number of benzene rings is 2. The van der Waals surface area contributed by atoms with Crippen LogP contribution in [0.1, 0.15) is 24.2 Å². The first-order valence-electron chi connectivity index (χ1n) is 8.82. The lowest BCUT2D eigenvalue weighted by Gasteiger charge is -2.11. The summed E-state index contributed by atoms with van der Waals surface area (Å²) in [6.07, 6.45) is 2.08. The molecule has 2 aromatic rings. The molecule has 146 valence electrons. The van der Waals surface area contributed by atoms with Gasteiger partial charge in [-0.05, 0) is 50.2 Å². The largest absolute Gasteiger partial charge is 0.494 e. The molecule has 0 aliphatic heterocycles. The van der Waals surface area contributed by atoms with E-state index in [0.717, 1.165) is 12.2 Å². The molecule has 2 aromatic carbocycles. The number of nitrogens with one attached hydrogen (secondary N) is 2. The van der Waals surface area contributed by atoms with Gasteiger partial charge in [-0.15, -0.1) is 0 Å². The van der Waals surface area contributed by atoms with E-state index in [-0.39, 0.29) is 18.1 Å². The molecular formula is C21H22N2O5. The lowest BCUT2D eigenvalue weighted by molar-refractivity contribution is -0.137. The number of esters is 1. The van der Waals surface area contributed by atoms with Gasteiger partial charge in [0.25, 0.3) is 5.91 Å². The second-order valence-electron chi connectivity index (χ2n) is 5.53. The molecule has 0 heterocycles. The quantitative estimate of drug-likeness (QED) is 0.539. The van der Waals surface area contributed by atoms with Crippen molar-refractivity contribution in [2.45, 2.75) is 13.8 Å². The summed E-state index contributed by atoms with van der Waals surface area (Å²) < 4.78 is 10.1. The molecule has 0 spiro atoms. The predicted molar refractivity (Wildman–Crippen MR) is 106 cm³/mol. The Morgan fingerprint density at radius 3 is 2.29 bits per heavy atom. The van der Waals surface area contributed by atoms with Crippen LogP contribution in [0.3, 0.4) is 0 Å². The van der Waals surface area contributed by atoms with Crippen molar-refractivity contribution in [2.24, 2.45) is 0 Å². The van der Waals surface area contributed by atoms with Gasteiger partial charge >= 0.3 is 5.97 Å². The molecule has 0 aliphatic rings. The second-order valence-corrected chi connectivity index (χ2v) is 5.53. The van der Waals surface area contributed by atoms with E-state index in [1.54, 1.807) is 55.5 Å². The topological polar surface area (TPSA) is 93.7 Å². The Morgan fingerprint density at radius 1 is 0.893 bits per heavy atom. The van der Waals surface area contributed by atoms with Crippen LogP contribution in [0, 0.1) is 0 Å². The zero-order valence-electron chi connectivity index (χ0n) is 15.7. The summed E-state index contributed by atoms with van der Waals surface area (Å²) in [5, 5.41) is 5.36. The Balaban J connectivity index is 2.06. The number of amides is 2. The zero-order valence-corrected chi connectivity index (χ0v) is 15.7. The summed E-state index contributed by atoms with van der Waals surface area (Å²) >= 11 is 0. The molecule has 0 radical (unpaired) electrons. The Morgan fingerprint density at radius 2 is 1.61 bits per heavy atom. The number of rotatable bonds is 8. The molecule has 2 N–H and O–H groups in total. The molecule has 0 aliphatic carbocycles. The smallest absolute Gasteiger partial charge is 0.330 e. The summed E-state index contributed by atoms with van der Waals surface area (Å²) in [4.78, 5) is 35.9. The van der Waals surface area contributed by atoms with Gasteiger partial charge in [0.05, 0.1) is 24.5 Å². The van der Waals surface area contributed by atoms with E-state index in [1.165, 1.54) is 0 Å². The highest BCUT2D eigenvalue weighted by atomic mass is 16.5. The maximum Gasteiger partial charge on any atom is 0.330 e. The van der Waals surface area contributed by atoms with Crippen molar-refractivity contribution in [3.63, 3.8) is 0 Å². The van der Waals surface area contributed by atoms with E-state index >= 15 is 0 Å². The highest BCUT2D eigenvalue weighted by Crippen LogP contribution is 2.19. The van der Waals surface area contributed by atoms with Crippen LogP contribution in [-0.4, -0.2) is 31.0 Å². The van der Waals surface area contributed by atoms with Crippen LogP contribution in [0.2, 0.25) is 0 Å². The first-order valence-corrected chi connectivity index (χ1v) is 8.82. The molecule has 0 unspecified atom stereocenters. The highest BCUT2D eigenvalue weighted by Gasteiger charge is 2.13. The van der Waals surface area contributed by atoms with Crippen molar-refractivity contribution >= 4 is 29.2 Å². The molecule has 7 nitrogen and oxygen atoms in total. The fourth-order valence-corrected chi connectivity index (χ4v) is 2.30. The standard InChI is InChI=1S/C21H22N2O5/c1-3-27-16-11-9-15(10-12-16)22-21(26)17-7-5-6-8-18(17)23-19(24)13-14-20(25)28-4-2/h5-14H,3-4H2,1-2H3,(H,22,26)(H,23,24)/b14-13+. The lowest BCUT2D eigenvalue weighted by atomic mass is 10.1. The third-order valence-corrected chi connectivity index (χ3v) is 3.51. The molecule has 0 saturated heterocycles. The number of anilines is 2. The molecule has 2 amide bonds. The van der Waals surface area contributed by atoms with Gasteiger partial charge in [0.1, 0.15) is 5.75 Å². The first kappa shape index (κ1) is 20.7. The Bertz CT molecular complexity index is 859. The van der Waals surface area contributed by atoms with Crippen LogP contribution < -0.4 is 15.4 Å². The zero-order chi connectivity index (χ0) is 20.4. The van der Waals surface area contributed by atoms with Crippen LogP contribution in [0.15, 0.2) is 60.7 Å². The van der Waals surface area contributed by atoms with E-state index in [4.69, 9.17) is 9.47 Å². The number of carbonyl (C=O) groups is 3. The van der Waals surface area contributed by atoms with Crippen LogP contribution in [0.5, 0.6) is 5.75 Å². The Hall–Kier alpha value is -3.61. The third kappa shape index (κ3) is 6.28. The van der Waals surface area contributed by atoms with Crippen molar-refractivity contribution in [2.75, 3.05) is 23.8 Å². The summed E-state index contributed by atoms with van der Waals surface area (Å²) in [6, 6.07) is 13.5. The minimum atomic E-state index is -0.612. The summed E-state index contributed by atoms with van der Waals surface area (Å²) in [6.45, 7) is 4.34. The molecule has 7 heteroatoms. The van der Waals surface area contributed by atoms with Gasteiger partial charge in [-0.3, -0.25) is 9.59 Å². The van der Waals surface area contributed by atoms with Crippen molar-refractivity contribution in [1.29, 1.82) is 0 Å². The van der Waals surface area contributed by atoms with E-state index in [0.29, 0.717) is 23.7 Å². The Labute approximate surface area is 163 Å². The van der Waals surface area contributed by atoms with Gasteiger partial charge < -0.3 is 20.1 Å². The summed E-state index contributed by atoms with van der Waals surface area (Å²) in [7, 11) is 0. The SMILES string of the molecule is CCOC(=O)/C=C/C(=O)Nc1ccccc1C(=O)Nc1ccc(OCC)cc1. The molecule has 0 aromatic heterocycles. The molecule has 2 rings (SSSR count). The van der Waals surface area contributed by atoms with Gasteiger partial charge in [0.15, 0.2) is 0 Å². The van der Waals surface area contributed by atoms with Crippen LogP contribution in [0.25, 0.3) is 0 Å². The second kappa shape index (κ2) is 10.5. The first-order chi connectivity index (χ1) is 13.5. The third-order valence-electron chi connectivity index (χ3n) is 3.51. The molecular weight excluding hydrogens is 360 g/mol. The van der Waals surface area contributed by atoms with Crippen molar-refractivity contribution < 1.29 is 23.9 Å². The fraction of sp³-hybridized carbons (Fsp3) is 0.190. The normalized spacial score (nSPS) is 10.4. The highest BCUT2D eigenvalue weighted by molar-refractivity contribution is 6.11. The van der Waals surface area contributed by atoms with E-state index in [2.05, 4.69) is 10.6 Å². The van der Waals surface area contributed by atoms with Crippen molar-refractivity contribution in [3.05, 3.63) is 66.2 Å². The van der Waals surface area contributed by atoms with Gasteiger partial charge in [-0.2, -0.15) is 0 Å². The molecule has 28 heavy (non-hydrogen) atoms. The maximum absolute atomic E-state index is 12.6. The average molecular weight is 382 g/mol. The van der Waals surface area contributed by atoms with Gasteiger partial charge in [-0.1, -0.05) is 12.1 Å². The van der Waals surface area contributed by atoms with Gasteiger partial charge in [-0.25, -0.2) is 4.79 Å². The van der Waals surface area contributed by atoms with E-state index < -0.39 is 11.9 Å². The summed E-state index contributed by atoms with van der Waals surface area (Å²) in [5.41, 5.74) is 1.20. The minimum absolute atomic E-state index is 0.222. The molecule has 0 bridgehead atoms. The molecule has 0 fully saturated rings. The monoisotopic (exact) mass is 382 g/mol. The van der Waals surface area contributed by atoms with Crippen LogP contribution >= 0.6 is 0 Å². The number of hydrogen-bond acceptors (Lipinski definition) is 5. The van der Waals surface area contributed by atoms with Gasteiger partial charge in [0.2, 0.25) is 5.91 Å². The number of hydrogen-bond donors (Lipinski definition) is 2. The summed E-state index contributed by atoms with van der Waals surface area (Å²) in [5.74, 6) is -0.829. The fourth-order valence-electron chi connectivity index (χ4n) is 2.30. The Kier molecular flexibility index (Phi) is 7.77. The van der Waals surface area contributed by atoms with E-state index in [9.17, 15) is 14.4 Å². The van der Waals surface area contributed by atoms with Crippen LogP contribution in [-0.2, 0) is 14.3 Å². The number of ether oxygens (including phenoxy) is 2. The lowest BCUT2D eigenvalue weighted by Crippen LogP contribution is -2.17. The predicted octanol–water partition coefficient (Wildman–Crippen LogP) is 3.40. The van der Waals surface area contributed by atoms with Gasteiger partial charge in [0, 0.05) is 17.8 Å². The number of carbonyl (C=O) groups excluding carboxylic acids is 3. The van der Waals surface area contributed by atoms with E-state index in [1.807, 2.05) is 6.92 Å². The average Bonchev–Trinajstić information content (AvgIpc) is 2.69. The van der Waals surface area contributed by atoms with Crippen LogP contribution in [0.4, 0.5) is 11.4 Å². The van der Waals surface area contributed by atoms with Crippen molar-refractivity contribution in [3.8, 4) is 5.75 Å². The van der Waals surface area contributed by atoms with Crippen molar-refractivity contribution in [1.82, 2.24) is 0 Å². The molecule has 0 atom stereocenters. The minimum Gasteiger partial charge on any atom is -0.494 e. The molecule has 0 saturated carbocycles. The number of para-hydroxylation sites is 1. The maximum atomic E-state index is 12.6.